The van der Waals surface area contributed by atoms with Gasteiger partial charge in [-0.15, -0.1) is 0 Å². The van der Waals surface area contributed by atoms with Crippen molar-refractivity contribution in [2.75, 3.05) is 11.9 Å². The van der Waals surface area contributed by atoms with E-state index >= 15 is 0 Å². The van der Waals surface area contributed by atoms with Crippen LogP contribution in [-0.2, 0) is 17.5 Å². The summed E-state index contributed by atoms with van der Waals surface area (Å²) in [6, 6.07) is 9.67. The van der Waals surface area contributed by atoms with Gasteiger partial charge in [-0.05, 0) is 36.8 Å². The quantitative estimate of drug-likeness (QED) is 0.566. The molecule has 0 aliphatic rings. The first-order valence-corrected chi connectivity index (χ1v) is 9.01. The summed E-state index contributed by atoms with van der Waals surface area (Å²) in [6.07, 6.45) is -4.54. The summed E-state index contributed by atoms with van der Waals surface area (Å²) in [7, 11) is 0. The van der Waals surface area contributed by atoms with Crippen LogP contribution in [0.2, 0.25) is 5.02 Å². The minimum absolute atomic E-state index is 0.0304. The van der Waals surface area contributed by atoms with Gasteiger partial charge in [0.05, 0.1) is 23.4 Å². The smallest absolute Gasteiger partial charge is 0.416 e. The predicted molar refractivity (Wildman–Crippen MR) is 104 cm³/mol. The highest BCUT2D eigenvalue weighted by Crippen LogP contribution is 2.33. The third-order valence-electron chi connectivity index (χ3n) is 4.23. The first-order chi connectivity index (χ1) is 13.7. The van der Waals surface area contributed by atoms with Crippen LogP contribution in [0, 0.1) is 0 Å². The zero-order valence-electron chi connectivity index (χ0n) is 15.2. The van der Waals surface area contributed by atoms with Crippen LogP contribution in [0.15, 0.2) is 47.3 Å². The Balaban J connectivity index is 2.12. The van der Waals surface area contributed by atoms with Gasteiger partial charge in [0.1, 0.15) is 5.56 Å². The van der Waals surface area contributed by atoms with E-state index in [-0.39, 0.29) is 30.0 Å². The molecule has 0 saturated carbocycles. The Hall–Kier alpha value is -3.00. The van der Waals surface area contributed by atoms with E-state index in [2.05, 4.69) is 10.3 Å². The van der Waals surface area contributed by atoms with Crippen molar-refractivity contribution >= 4 is 34.2 Å². The number of carbonyl (C=O) groups excluding carboxylic acids is 1. The molecule has 5 nitrogen and oxygen atoms in total. The van der Waals surface area contributed by atoms with Crippen molar-refractivity contribution in [1.82, 2.24) is 4.98 Å². The largest absolute Gasteiger partial charge is 0.462 e. The summed E-state index contributed by atoms with van der Waals surface area (Å²) in [4.78, 5) is 27.4. The molecule has 3 aromatic rings. The van der Waals surface area contributed by atoms with Gasteiger partial charge in [-0.2, -0.15) is 13.2 Å². The lowest BCUT2D eigenvalue weighted by Crippen LogP contribution is -2.23. The molecule has 29 heavy (non-hydrogen) atoms. The number of nitrogens with one attached hydrogen (secondary N) is 2. The van der Waals surface area contributed by atoms with Gasteiger partial charge in [0.15, 0.2) is 0 Å². The Bertz CT molecular complexity index is 1130. The number of rotatable bonds is 5. The molecule has 0 amide bonds. The van der Waals surface area contributed by atoms with E-state index < -0.39 is 23.3 Å². The number of esters is 1. The minimum atomic E-state index is -4.54. The van der Waals surface area contributed by atoms with Gasteiger partial charge in [0, 0.05) is 17.0 Å². The molecule has 0 aliphatic heterocycles. The van der Waals surface area contributed by atoms with Gasteiger partial charge in [0.25, 0.3) is 5.56 Å². The summed E-state index contributed by atoms with van der Waals surface area (Å²) >= 11 is 5.96. The number of hydrogen-bond donors (Lipinski definition) is 2. The maximum atomic E-state index is 13.3. The van der Waals surface area contributed by atoms with Crippen molar-refractivity contribution < 1.29 is 22.7 Å². The molecule has 152 valence electrons. The van der Waals surface area contributed by atoms with E-state index in [1.54, 1.807) is 19.1 Å². The van der Waals surface area contributed by atoms with Crippen LogP contribution < -0.4 is 10.9 Å². The van der Waals surface area contributed by atoms with Crippen LogP contribution in [0.25, 0.3) is 10.9 Å². The third kappa shape index (κ3) is 4.37. The van der Waals surface area contributed by atoms with Gasteiger partial charge >= 0.3 is 12.1 Å². The van der Waals surface area contributed by atoms with Crippen LogP contribution in [0.1, 0.15) is 28.4 Å². The van der Waals surface area contributed by atoms with Gasteiger partial charge in [0.2, 0.25) is 0 Å². The van der Waals surface area contributed by atoms with Gasteiger partial charge < -0.3 is 15.0 Å². The fourth-order valence-electron chi connectivity index (χ4n) is 2.99. The number of fused-ring (bicyclic) bond motifs is 1. The molecule has 0 atom stereocenters. The average Bonchev–Trinajstić information content (AvgIpc) is 2.65. The van der Waals surface area contributed by atoms with E-state index in [1.807, 2.05) is 0 Å². The zero-order valence-corrected chi connectivity index (χ0v) is 15.9. The molecular weight excluding hydrogens is 409 g/mol. The molecule has 2 aromatic carbocycles. The lowest BCUT2D eigenvalue weighted by atomic mass is 10.1. The fourth-order valence-corrected chi connectivity index (χ4v) is 3.16. The van der Waals surface area contributed by atoms with Crippen molar-refractivity contribution in [1.29, 1.82) is 0 Å². The third-order valence-corrected chi connectivity index (χ3v) is 4.47. The van der Waals surface area contributed by atoms with E-state index in [1.165, 1.54) is 24.3 Å². The lowest BCUT2D eigenvalue weighted by Gasteiger charge is -2.17. The molecule has 0 saturated heterocycles. The normalized spacial score (nSPS) is 11.5. The van der Waals surface area contributed by atoms with Gasteiger partial charge in [-0.25, -0.2) is 4.79 Å². The van der Waals surface area contributed by atoms with Crippen LogP contribution >= 0.6 is 11.6 Å². The average molecular weight is 425 g/mol. The second-order valence-corrected chi connectivity index (χ2v) is 6.56. The Morgan fingerprint density at radius 1 is 1.21 bits per heavy atom. The summed E-state index contributed by atoms with van der Waals surface area (Å²) in [6.45, 7) is 1.36. The van der Waals surface area contributed by atoms with Crippen molar-refractivity contribution in [3.63, 3.8) is 0 Å². The number of hydrogen-bond acceptors (Lipinski definition) is 4. The van der Waals surface area contributed by atoms with E-state index in [9.17, 15) is 22.8 Å². The second-order valence-electron chi connectivity index (χ2n) is 6.12. The number of aromatic nitrogens is 1. The molecule has 0 fully saturated rings. The number of anilines is 1. The number of pyridine rings is 1. The van der Waals surface area contributed by atoms with Crippen LogP contribution in [0.5, 0.6) is 0 Å². The minimum Gasteiger partial charge on any atom is -0.462 e. The molecule has 1 heterocycles. The van der Waals surface area contributed by atoms with Crippen LogP contribution in [-0.4, -0.2) is 17.6 Å². The molecule has 9 heteroatoms. The first-order valence-electron chi connectivity index (χ1n) is 8.64. The summed E-state index contributed by atoms with van der Waals surface area (Å²) in [5.74, 6) is -0.878. The molecule has 0 unspecified atom stereocenters. The maximum Gasteiger partial charge on any atom is 0.416 e. The Morgan fingerprint density at radius 2 is 1.93 bits per heavy atom. The number of ether oxygens (including phenoxy) is 1. The summed E-state index contributed by atoms with van der Waals surface area (Å²) in [5.41, 5.74) is -1.46. The number of benzene rings is 2. The highest BCUT2D eigenvalue weighted by atomic mass is 35.5. The number of alkyl halides is 3. The Labute approximate surface area is 168 Å². The summed E-state index contributed by atoms with van der Waals surface area (Å²) in [5, 5.41) is 3.59. The SMILES string of the molecule is CCOC(=O)c1c(NCc2ccccc2C(F)(F)F)c2ccc(Cl)cc2[nH]c1=O. The molecule has 0 aliphatic carbocycles. The van der Waals surface area contributed by atoms with Crippen molar-refractivity contribution in [2.45, 2.75) is 19.6 Å². The Morgan fingerprint density at radius 3 is 2.62 bits per heavy atom. The van der Waals surface area contributed by atoms with E-state index in [4.69, 9.17) is 16.3 Å². The van der Waals surface area contributed by atoms with Gasteiger partial charge in [-0.1, -0.05) is 29.8 Å². The topological polar surface area (TPSA) is 71.2 Å². The molecule has 3 rings (SSSR count). The predicted octanol–water partition coefficient (Wildman–Crippen LogP) is 4.99. The van der Waals surface area contributed by atoms with Crippen LogP contribution in [0.3, 0.4) is 0 Å². The highest BCUT2D eigenvalue weighted by molar-refractivity contribution is 6.31. The van der Waals surface area contributed by atoms with E-state index in [0.29, 0.717) is 15.9 Å². The lowest BCUT2D eigenvalue weighted by molar-refractivity contribution is -0.138. The molecule has 2 N–H and O–H groups in total. The monoisotopic (exact) mass is 424 g/mol. The maximum absolute atomic E-state index is 13.3. The van der Waals surface area contributed by atoms with Gasteiger partial charge in [-0.3, -0.25) is 4.79 Å². The number of halogens is 4. The fraction of sp³-hybridized carbons (Fsp3) is 0.200. The van der Waals surface area contributed by atoms with Crippen molar-refractivity contribution in [3.05, 3.63) is 74.5 Å². The molecule has 0 spiro atoms. The van der Waals surface area contributed by atoms with Crippen molar-refractivity contribution in [2.24, 2.45) is 0 Å². The molecular formula is C20H16ClF3N2O3. The number of aromatic amines is 1. The molecule has 1 aromatic heterocycles. The highest BCUT2D eigenvalue weighted by Gasteiger charge is 2.33. The van der Waals surface area contributed by atoms with E-state index in [0.717, 1.165) is 6.07 Å². The Kier molecular flexibility index (Phi) is 5.83. The molecule has 0 bridgehead atoms. The second kappa shape index (κ2) is 8.16. The number of carbonyl (C=O) groups is 1. The zero-order chi connectivity index (χ0) is 21.2. The van der Waals surface area contributed by atoms with Crippen LogP contribution in [0.4, 0.5) is 18.9 Å². The number of H-pyrrole nitrogens is 1. The standard InChI is InChI=1S/C20H16ClF3N2O3/c1-2-29-19(28)16-17(13-8-7-12(21)9-15(13)26-18(16)27)25-10-11-5-3-4-6-14(11)20(22,23)24/h3-9H,2,10H2,1H3,(H2,25,26,27). The first kappa shape index (κ1) is 20.7. The summed E-state index contributed by atoms with van der Waals surface area (Å²) < 4.78 is 44.8. The molecule has 0 radical (unpaired) electrons. The van der Waals surface area contributed by atoms with Crippen molar-refractivity contribution in [3.8, 4) is 0 Å².